The molecule has 0 spiro atoms. The van der Waals surface area contributed by atoms with Crippen LogP contribution in [0.2, 0.25) is 0 Å². The Hall–Kier alpha value is 0.650. The highest BCUT2D eigenvalue weighted by atomic mass is 32.2. The van der Waals surface area contributed by atoms with Gasteiger partial charge in [0, 0.05) is 32.2 Å². The quantitative estimate of drug-likeness (QED) is 0.665. The average molecular weight is 345 g/mol. The van der Waals surface area contributed by atoms with Gasteiger partial charge in [0.2, 0.25) is 0 Å². The largest absolute Gasteiger partial charge is 0.390 e. The molecule has 20 heavy (non-hydrogen) atoms. The Morgan fingerprint density at radius 3 is 2.05 bits per heavy atom. The van der Waals surface area contributed by atoms with E-state index in [1.165, 1.54) is 15.7 Å². The van der Waals surface area contributed by atoms with E-state index in [0.29, 0.717) is 6.42 Å². The van der Waals surface area contributed by atoms with Crippen LogP contribution in [-0.2, 0) is 10.2 Å². The summed E-state index contributed by atoms with van der Waals surface area (Å²) in [4.78, 5) is 0. The van der Waals surface area contributed by atoms with E-state index in [4.69, 9.17) is 0 Å². The Bertz CT molecular complexity index is 404. The third-order valence-corrected chi connectivity index (χ3v) is 6.99. The third-order valence-electron chi connectivity index (χ3n) is 3.93. The lowest BCUT2D eigenvalue weighted by atomic mass is 10.0. The zero-order valence-corrected chi connectivity index (χ0v) is 16.4. The molecule has 0 saturated heterocycles. The average Bonchev–Trinajstić information content (AvgIpc) is 2.36. The Morgan fingerprint density at radius 1 is 1.25 bits per heavy atom. The van der Waals surface area contributed by atoms with Gasteiger partial charge in [-0.2, -0.15) is 17.0 Å². The van der Waals surface area contributed by atoms with Gasteiger partial charge < -0.3 is 5.11 Å². The van der Waals surface area contributed by atoms with Crippen molar-refractivity contribution in [3.05, 3.63) is 0 Å². The molecule has 0 heterocycles. The van der Waals surface area contributed by atoms with Gasteiger partial charge in [-0.3, -0.25) is 4.44 Å². The minimum absolute atomic E-state index is 0.0485. The Morgan fingerprint density at radius 2 is 1.70 bits per heavy atom. The SMILES string of the molecule is CCC(C)(C)N(C)S(=O)(=O)N(C)CC(O)[C@H](C)N(P)P. The molecule has 4 atom stereocenters. The summed E-state index contributed by atoms with van der Waals surface area (Å²) in [7, 11) is 4.35. The Balaban J connectivity index is 4.97. The molecular formula is C11H29N3O3P2S. The van der Waals surface area contributed by atoms with Crippen molar-refractivity contribution in [3.8, 4) is 0 Å². The third kappa shape index (κ3) is 5.13. The van der Waals surface area contributed by atoms with Crippen LogP contribution in [0.25, 0.3) is 0 Å². The highest BCUT2D eigenvalue weighted by molar-refractivity contribution is 7.86. The lowest BCUT2D eigenvalue weighted by Crippen LogP contribution is -2.52. The number of aliphatic hydroxyl groups excluding tert-OH is 1. The molecule has 0 bridgehead atoms. The predicted octanol–water partition coefficient (Wildman–Crippen LogP) is 0.915. The summed E-state index contributed by atoms with van der Waals surface area (Å²) >= 11 is 0. The monoisotopic (exact) mass is 345 g/mol. The Kier molecular flexibility index (Phi) is 8.03. The number of likely N-dealkylation sites (N-methyl/N-ethyl adjacent to an activating group) is 1. The van der Waals surface area contributed by atoms with Gasteiger partial charge in [0.15, 0.2) is 0 Å². The summed E-state index contributed by atoms with van der Waals surface area (Å²) in [6.45, 7) is 7.58. The summed E-state index contributed by atoms with van der Waals surface area (Å²) < 4.78 is 29.2. The van der Waals surface area contributed by atoms with E-state index in [1.807, 2.05) is 27.7 Å². The molecular weight excluding hydrogens is 316 g/mol. The van der Waals surface area contributed by atoms with Gasteiger partial charge in [-0.25, -0.2) is 0 Å². The van der Waals surface area contributed by atoms with Crippen LogP contribution in [0.15, 0.2) is 0 Å². The predicted molar refractivity (Wildman–Crippen MR) is 90.4 cm³/mol. The molecule has 0 fully saturated rings. The van der Waals surface area contributed by atoms with Gasteiger partial charge in [0.1, 0.15) is 0 Å². The van der Waals surface area contributed by atoms with Crippen molar-refractivity contribution in [2.45, 2.75) is 51.8 Å². The molecule has 0 aliphatic heterocycles. The fourth-order valence-corrected chi connectivity index (χ4v) is 3.36. The molecule has 0 aromatic rings. The van der Waals surface area contributed by atoms with Crippen LogP contribution < -0.4 is 0 Å². The summed E-state index contributed by atoms with van der Waals surface area (Å²) in [5, 5.41) is 10.1. The standard InChI is InChI=1S/C11H29N3O3P2S/c1-7-11(3,4)13(6)20(16,17)12(5)8-10(15)9(2)14(18)19/h9-10,15H,7-8,18-19H2,1-6H3/t9-,10?/m0/s1. The van der Waals surface area contributed by atoms with Crippen molar-refractivity contribution < 1.29 is 13.5 Å². The number of aliphatic hydroxyl groups is 1. The first-order valence-electron chi connectivity index (χ1n) is 6.55. The van der Waals surface area contributed by atoms with Crippen LogP contribution in [0.4, 0.5) is 0 Å². The lowest BCUT2D eigenvalue weighted by Gasteiger charge is -2.37. The van der Waals surface area contributed by atoms with Crippen LogP contribution in [-0.4, -0.2) is 64.9 Å². The fraction of sp³-hybridized carbons (Fsp3) is 1.00. The molecule has 0 aromatic carbocycles. The van der Waals surface area contributed by atoms with Gasteiger partial charge in [-0.05, 0) is 27.2 Å². The second kappa shape index (κ2) is 7.77. The molecule has 1 N–H and O–H groups in total. The molecule has 0 aliphatic carbocycles. The maximum Gasteiger partial charge on any atom is 0.282 e. The van der Waals surface area contributed by atoms with E-state index in [2.05, 4.69) is 18.8 Å². The van der Waals surface area contributed by atoms with E-state index < -0.39 is 21.9 Å². The molecule has 0 saturated carbocycles. The fourth-order valence-electron chi connectivity index (χ4n) is 1.45. The normalized spacial score (nSPS) is 17.0. The summed E-state index contributed by atoms with van der Waals surface area (Å²) in [6.07, 6.45) is -0.0662. The number of rotatable bonds is 8. The molecule has 0 radical (unpaired) electrons. The molecule has 0 rings (SSSR count). The van der Waals surface area contributed by atoms with Crippen molar-refractivity contribution in [1.82, 2.24) is 13.1 Å². The molecule has 3 unspecified atom stereocenters. The molecule has 122 valence electrons. The molecule has 6 nitrogen and oxygen atoms in total. The van der Waals surface area contributed by atoms with Crippen LogP contribution in [0.1, 0.15) is 34.1 Å². The van der Waals surface area contributed by atoms with Crippen molar-refractivity contribution >= 4 is 29.0 Å². The highest BCUT2D eigenvalue weighted by Gasteiger charge is 2.35. The zero-order valence-electron chi connectivity index (χ0n) is 13.2. The van der Waals surface area contributed by atoms with Gasteiger partial charge in [-0.15, -0.1) is 0 Å². The minimum Gasteiger partial charge on any atom is -0.390 e. The second-order valence-electron chi connectivity index (χ2n) is 5.68. The van der Waals surface area contributed by atoms with Crippen molar-refractivity contribution in [1.29, 1.82) is 0 Å². The van der Waals surface area contributed by atoms with Gasteiger partial charge in [-0.1, -0.05) is 25.7 Å². The molecule has 0 aliphatic rings. The summed E-state index contributed by atoms with van der Waals surface area (Å²) in [6, 6.07) is -0.188. The summed E-state index contributed by atoms with van der Waals surface area (Å²) in [5.41, 5.74) is -0.461. The minimum atomic E-state index is -3.59. The topological polar surface area (TPSA) is 64.1 Å². The Labute approximate surface area is 128 Å². The van der Waals surface area contributed by atoms with E-state index in [1.54, 1.807) is 11.5 Å². The lowest BCUT2D eigenvalue weighted by molar-refractivity contribution is 0.106. The van der Waals surface area contributed by atoms with Crippen LogP contribution in [0, 0.1) is 0 Å². The molecule has 0 amide bonds. The first-order chi connectivity index (χ1) is 8.87. The molecule has 9 heteroatoms. The van der Waals surface area contributed by atoms with E-state index in [9.17, 15) is 13.5 Å². The van der Waals surface area contributed by atoms with E-state index in [0.717, 1.165) is 0 Å². The van der Waals surface area contributed by atoms with Crippen LogP contribution >= 0.6 is 18.8 Å². The zero-order chi connectivity index (χ0) is 16.3. The van der Waals surface area contributed by atoms with Crippen molar-refractivity contribution in [2.24, 2.45) is 0 Å². The maximum absolute atomic E-state index is 12.5. The van der Waals surface area contributed by atoms with Crippen LogP contribution in [0.3, 0.4) is 0 Å². The van der Waals surface area contributed by atoms with Crippen LogP contribution in [0.5, 0.6) is 0 Å². The second-order valence-corrected chi connectivity index (χ2v) is 9.53. The molecule has 0 aromatic heterocycles. The van der Waals surface area contributed by atoms with E-state index >= 15 is 0 Å². The van der Waals surface area contributed by atoms with E-state index in [-0.39, 0.29) is 12.6 Å². The number of nitrogens with zero attached hydrogens (tertiary/aromatic N) is 3. The first kappa shape index (κ1) is 20.6. The van der Waals surface area contributed by atoms with Gasteiger partial charge in [0.25, 0.3) is 10.2 Å². The smallest absolute Gasteiger partial charge is 0.282 e. The number of hydrogen-bond acceptors (Lipinski definition) is 4. The van der Waals surface area contributed by atoms with Gasteiger partial charge >= 0.3 is 0 Å². The van der Waals surface area contributed by atoms with Crippen molar-refractivity contribution in [3.63, 3.8) is 0 Å². The number of hydrogen-bond donors (Lipinski definition) is 1. The van der Waals surface area contributed by atoms with Crippen molar-refractivity contribution in [2.75, 3.05) is 20.6 Å². The summed E-state index contributed by atoms with van der Waals surface area (Å²) in [5.74, 6) is 0. The highest BCUT2D eigenvalue weighted by Crippen LogP contribution is 2.22. The first-order valence-corrected chi connectivity index (χ1v) is 8.97. The van der Waals surface area contributed by atoms with Gasteiger partial charge in [0.05, 0.1) is 6.10 Å². The maximum atomic E-state index is 12.5.